The van der Waals surface area contributed by atoms with Crippen LogP contribution in [0.1, 0.15) is 27.2 Å². The summed E-state index contributed by atoms with van der Waals surface area (Å²) in [5.41, 5.74) is -0.119. The summed E-state index contributed by atoms with van der Waals surface area (Å²) in [4.78, 5) is 10.9. The van der Waals surface area contributed by atoms with Crippen LogP contribution in [0.2, 0.25) is 0 Å². The molecular weight excluding hydrogens is 460 g/mol. The Balaban J connectivity index is 4.25. The van der Waals surface area contributed by atoms with Gasteiger partial charge in [-0.1, -0.05) is 77.6 Å². The van der Waals surface area contributed by atoms with Crippen LogP contribution in [-0.4, -0.2) is 19.5 Å². The van der Waals surface area contributed by atoms with Gasteiger partial charge < -0.3 is 4.74 Å². The normalized spacial score (nSPS) is 14.9. The molecule has 0 heterocycles. The second-order valence-corrected chi connectivity index (χ2v) is 12.4. The Morgan fingerprint density at radius 3 is 2.13 bits per heavy atom. The van der Waals surface area contributed by atoms with Crippen molar-refractivity contribution in [3.05, 3.63) is 0 Å². The first-order chi connectivity index (χ1) is 6.54. The van der Waals surface area contributed by atoms with Crippen molar-refractivity contribution in [3.63, 3.8) is 0 Å². The van der Waals surface area contributed by atoms with E-state index in [1.54, 1.807) is 0 Å². The number of hydrogen-bond acceptors (Lipinski definition) is 2. The lowest BCUT2D eigenvalue weighted by Gasteiger charge is -2.31. The molecule has 0 fully saturated rings. The van der Waals surface area contributed by atoms with Gasteiger partial charge in [0, 0.05) is 17.2 Å². The average molecular weight is 474 g/mol. The minimum absolute atomic E-state index is 0.119. The summed E-state index contributed by atoms with van der Waals surface area (Å²) in [5.74, 6) is -0.245. The van der Waals surface area contributed by atoms with Crippen molar-refractivity contribution in [1.82, 2.24) is 0 Å². The van der Waals surface area contributed by atoms with Gasteiger partial charge in [-0.25, -0.2) is 0 Å². The van der Waals surface area contributed by atoms with Crippen LogP contribution in [0.15, 0.2) is 0 Å². The third kappa shape index (κ3) is 8.16. The molecule has 0 aliphatic rings. The monoisotopic (exact) mass is 470 g/mol. The fourth-order valence-corrected chi connectivity index (χ4v) is 3.75. The highest BCUT2D eigenvalue weighted by atomic mass is 80.0. The molecule has 1 unspecified atom stereocenters. The van der Waals surface area contributed by atoms with Gasteiger partial charge in [-0.3, -0.25) is 4.79 Å². The molecule has 0 aromatic rings. The molecule has 15 heavy (non-hydrogen) atoms. The summed E-state index contributed by atoms with van der Waals surface area (Å²) in [7, 11) is 0. The molecule has 0 aromatic heterocycles. The van der Waals surface area contributed by atoms with E-state index in [-0.39, 0.29) is 18.4 Å². The topological polar surface area (TPSA) is 26.3 Å². The maximum Gasteiger partial charge on any atom is 0.302 e. The van der Waals surface area contributed by atoms with Crippen LogP contribution < -0.4 is 0 Å². The predicted octanol–water partition coefficient (Wildman–Crippen LogP) is 4.57. The van der Waals surface area contributed by atoms with Crippen LogP contribution in [0.3, 0.4) is 0 Å². The predicted molar refractivity (Wildman–Crippen MR) is 77.3 cm³/mol. The summed E-state index contributed by atoms with van der Waals surface area (Å²) >= 11 is 13.9. The third-order valence-corrected chi connectivity index (χ3v) is 4.44. The molecule has 0 rings (SSSR count). The Hall–Kier alpha value is 1.39. The largest absolute Gasteiger partial charge is 0.465 e. The van der Waals surface area contributed by atoms with Crippen molar-refractivity contribution in [2.75, 3.05) is 6.61 Å². The maximum absolute atomic E-state index is 10.7. The Kier molecular flexibility index (Phi) is 6.95. The van der Waals surface area contributed by atoms with Gasteiger partial charge in [0.15, 0.2) is 0 Å². The lowest BCUT2D eigenvalue weighted by molar-refractivity contribution is -0.143. The highest BCUT2D eigenvalue weighted by Gasteiger charge is 2.34. The summed E-state index contributed by atoms with van der Waals surface area (Å²) < 4.78 is 4.74. The van der Waals surface area contributed by atoms with Gasteiger partial charge >= 0.3 is 5.97 Å². The summed E-state index contributed by atoms with van der Waals surface area (Å²) in [6.45, 7) is 5.92. The maximum atomic E-state index is 10.7. The van der Waals surface area contributed by atoms with Gasteiger partial charge in [0.25, 0.3) is 0 Å². The lowest BCUT2D eigenvalue weighted by atomic mass is 9.89. The van der Waals surface area contributed by atoms with Gasteiger partial charge in [-0.15, -0.1) is 0 Å². The minimum atomic E-state index is -0.283. The first-order valence-electron chi connectivity index (χ1n) is 4.39. The fourth-order valence-electron chi connectivity index (χ4n) is 0.858. The van der Waals surface area contributed by atoms with Crippen molar-refractivity contribution in [3.8, 4) is 0 Å². The van der Waals surface area contributed by atoms with Gasteiger partial charge in [0.1, 0.15) is 2.14 Å². The number of ether oxygens (including phenoxy) is 1. The molecule has 0 aliphatic carbocycles. The smallest absolute Gasteiger partial charge is 0.302 e. The van der Waals surface area contributed by atoms with E-state index < -0.39 is 0 Å². The van der Waals surface area contributed by atoms with Crippen LogP contribution in [0.5, 0.6) is 0 Å². The summed E-state index contributed by atoms with van der Waals surface area (Å²) in [5, 5.41) is 0. The average Bonchev–Trinajstić information content (AvgIpc) is 1.97. The minimum Gasteiger partial charge on any atom is -0.465 e. The second kappa shape index (κ2) is 6.36. The first kappa shape index (κ1) is 16.4. The molecule has 2 nitrogen and oxygen atoms in total. The van der Waals surface area contributed by atoms with Crippen molar-refractivity contribution >= 4 is 69.7 Å². The Labute approximate surface area is 124 Å². The molecular formula is C9H14Br4O2. The molecule has 1 atom stereocenters. The molecule has 90 valence electrons. The van der Waals surface area contributed by atoms with Gasteiger partial charge in [-0.2, -0.15) is 0 Å². The van der Waals surface area contributed by atoms with Crippen molar-refractivity contribution < 1.29 is 9.53 Å². The molecule has 0 bridgehead atoms. The molecule has 6 heteroatoms. The fraction of sp³-hybridized carbons (Fsp3) is 0.889. The molecule has 0 saturated heterocycles. The SMILES string of the molecule is CC(=O)OCC(C)(C)C(Br)CC(Br)(Br)Br. The highest BCUT2D eigenvalue weighted by Crippen LogP contribution is 2.44. The third-order valence-electron chi connectivity index (χ3n) is 1.91. The summed E-state index contributed by atoms with van der Waals surface area (Å²) in [6.07, 6.45) is 0.807. The van der Waals surface area contributed by atoms with E-state index in [4.69, 9.17) is 4.74 Å². The molecule has 0 amide bonds. The molecule has 0 aromatic carbocycles. The number of carbonyl (C=O) groups excluding carboxylic acids is 1. The zero-order valence-corrected chi connectivity index (χ0v) is 15.2. The van der Waals surface area contributed by atoms with Crippen molar-refractivity contribution in [2.24, 2.45) is 5.41 Å². The molecule has 0 saturated carbocycles. The van der Waals surface area contributed by atoms with Crippen molar-refractivity contribution in [2.45, 2.75) is 34.2 Å². The zero-order chi connectivity index (χ0) is 12.3. The first-order valence-corrected chi connectivity index (χ1v) is 7.68. The number of esters is 1. The number of rotatable bonds is 4. The standard InChI is InChI=1S/C9H14Br4O2/c1-6(14)15-5-8(2,3)7(10)4-9(11,12)13/h7H,4-5H2,1-3H3. The number of carbonyl (C=O) groups is 1. The Morgan fingerprint density at radius 1 is 1.33 bits per heavy atom. The quantitative estimate of drug-likeness (QED) is 0.442. The molecule has 0 radical (unpaired) electrons. The number of alkyl halides is 4. The van der Waals surface area contributed by atoms with E-state index in [9.17, 15) is 4.79 Å². The molecule has 0 aliphatic heterocycles. The number of halogens is 4. The van der Waals surface area contributed by atoms with Crippen LogP contribution >= 0.6 is 63.7 Å². The highest BCUT2D eigenvalue weighted by molar-refractivity contribution is 9.39. The van der Waals surface area contributed by atoms with E-state index in [2.05, 4.69) is 63.7 Å². The van der Waals surface area contributed by atoms with Gasteiger partial charge in [0.2, 0.25) is 0 Å². The lowest BCUT2D eigenvalue weighted by Crippen LogP contribution is -2.33. The van der Waals surface area contributed by atoms with Crippen LogP contribution in [0, 0.1) is 5.41 Å². The van der Waals surface area contributed by atoms with E-state index in [1.807, 2.05) is 13.8 Å². The van der Waals surface area contributed by atoms with Crippen LogP contribution in [0.4, 0.5) is 0 Å². The van der Waals surface area contributed by atoms with Crippen molar-refractivity contribution in [1.29, 1.82) is 0 Å². The summed E-state index contributed by atoms with van der Waals surface area (Å²) in [6, 6.07) is 0. The Bertz CT molecular complexity index is 223. The molecule has 0 spiro atoms. The van der Waals surface area contributed by atoms with Gasteiger partial charge in [0.05, 0.1) is 6.61 Å². The van der Waals surface area contributed by atoms with Crippen LogP contribution in [-0.2, 0) is 9.53 Å². The van der Waals surface area contributed by atoms with E-state index >= 15 is 0 Å². The molecule has 0 N–H and O–H groups in total. The zero-order valence-electron chi connectivity index (χ0n) is 8.82. The van der Waals surface area contributed by atoms with E-state index in [0.717, 1.165) is 6.42 Å². The Morgan fingerprint density at radius 2 is 1.80 bits per heavy atom. The van der Waals surface area contributed by atoms with E-state index in [1.165, 1.54) is 6.92 Å². The van der Waals surface area contributed by atoms with E-state index in [0.29, 0.717) is 6.61 Å². The van der Waals surface area contributed by atoms with Crippen LogP contribution in [0.25, 0.3) is 0 Å². The number of hydrogen-bond donors (Lipinski definition) is 0. The second-order valence-electron chi connectivity index (χ2n) is 4.06. The van der Waals surface area contributed by atoms with Gasteiger partial charge in [-0.05, 0) is 6.42 Å².